The smallest absolute Gasteiger partial charge is 0.319 e. The highest BCUT2D eigenvalue weighted by molar-refractivity contribution is 7.09. The molecule has 1 unspecified atom stereocenters. The minimum absolute atomic E-state index is 0.0180. The average molecular weight is 428 g/mol. The molecular formula is C20H25N7O2S. The van der Waals surface area contributed by atoms with E-state index in [0.29, 0.717) is 30.8 Å². The summed E-state index contributed by atoms with van der Waals surface area (Å²) in [7, 11) is 5.52. The zero-order chi connectivity index (χ0) is 21.3. The van der Waals surface area contributed by atoms with Crippen molar-refractivity contribution < 1.29 is 9.59 Å². The van der Waals surface area contributed by atoms with Crippen molar-refractivity contribution in [1.82, 2.24) is 34.6 Å². The van der Waals surface area contributed by atoms with Crippen molar-refractivity contribution in [2.45, 2.75) is 12.6 Å². The zero-order valence-corrected chi connectivity index (χ0v) is 18.1. The largest absolute Gasteiger partial charge is 0.347 e. The molecule has 0 spiro atoms. The van der Waals surface area contributed by atoms with Gasteiger partial charge in [0.25, 0.3) is 5.91 Å². The van der Waals surface area contributed by atoms with E-state index >= 15 is 0 Å². The number of carbonyl (C=O) groups excluding carboxylic acids is 2. The third kappa shape index (κ3) is 4.01. The van der Waals surface area contributed by atoms with Crippen molar-refractivity contribution in [3.63, 3.8) is 0 Å². The van der Waals surface area contributed by atoms with Gasteiger partial charge in [0.2, 0.25) is 0 Å². The van der Waals surface area contributed by atoms with Gasteiger partial charge in [0.05, 0.1) is 18.2 Å². The van der Waals surface area contributed by atoms with E-state index in [2.05, 4.69) is 20.4 Å². The van der Waals surface area contributed by atoms with Crippen LogP contribution in [0.5, 0.6) is 0 Å². The van der Waals surface area contributed by atoms with E-state index in [4.69, 9.17) is 0 Å². The van der Waals surface area contributed by atoms with Crippen molar-refractivity contribution in [2.24, 2.45) is 0 Å². The normalized spacial score (nSPS) is 17.3. The second-order valence-corrected chi connectivity index (χ2v) is 8.62. The van der Waals surface area contributed by atoms with Crippen LogP contribution in [0.25, 0.3) is 5.65 Å². The van der Waals surface area contributed by atoms with Gasteiger partial charge in [-0.3, -0.25) is 14.1 Å². The third-order valence-corrected chi connectivity index (χ3v) is 6.17. The number of thiophene rings is 1. The minimum Gasteiger partial charge on any atom is -0.347 e. The van der Waals surface area contributed by atoms with E-state index in [0.717, 1.165) is 17.2 Å². The van der Waals surface area contributed by atoms with Crippen LogP contribution in [0.2, 0.25) is 0 Å². The molecule has 1 aliphatic heterocycles. The lowest BCUT2D eigenvalue weighted by molar-refractivity contribution is 0.0933. The highest BCUT2D eigenvalue weighted by Crippen LogP contribution is 2.24. The van der Waals surface area contributed by atoms with Crippen LogP contribution in [0.15, 0.2) is 35.8 Å². The Labute approximate surface area is 178 Å². The van der Waals surface area contributed by atoms with Crippen molar-refractivity contribution >= 4 is 28.9 Å². The zero-order valence-electron chi connectivity index (χ0n) is 17.3. The lowest BCUT2D eigenvalue weighted by atomic mass is 10.1. The lowest BCUT2D eigenvalue weighted by Gasteiger charge is -2.39. The molecule has 0 aliphatic carbocycles. The molecule has 9 nitrogen and oxygen atoms in total. The molecule has 10 heteroatoms. The second kappa shape index (κ2) is 8.41. The maximum absolute atomic E-state index is 12.6. The Morgan fingerprint density at radius 1 is 1.23 bits per heavy atom. The van der Waals surface area contributed by atoms with Crippen LogP contribution >= 0.6 is 11.3 Å². The molecule has 3 aromatic heterocycles. The summed E-state index contributed by atoms with van der Waals surface area (Å²) in [6.45, 7) is 2.41. The summed E-state index contributed by atoms with van der Waals surface area (Å²) < 4.78 is 1.85. The van der Waals surface area contributed by atoms with Crippen molar-refractivity contribution in [1.29, 1.82) is 0 Å². The molecule has 1 saturated heterocycles. The highest BCUT2D eigenvalue weighted by Gasteiger charge is 2.32. The molecule has 0 bridgehead atoms. The number of fused-ring (bicyclic) bond motifs is 1. The van der Waals surface area contributed by atoms with Gasteiger partial charge in [-0.05, 0) is 30.6 Å². The summed E-state index contributed by atoms with van der Waals surface area (Å²) in [5, 5.41) is 13.6. The molecule has 1 fully saturated rings. The molecular weight excluding hydrogens is 402 g/mol. The maximum Gasteiger partial charge on any atom is 0.319 e. The quantitative estimate of drug-likeness (QED) is 0.685. The fourth-order valence-electron chi connectivity index (χ4n) is 3.56. The molecule has 0 aromatic carbocycles. The summed E-state index contributed by atoms with van der Waals surface area (Å²) in [6, 6.07) is 7.38. The number of pyridine rings is 1. The van der Waals surface area contributed by atoms with Crippen LogP contribution in [-0.2, 0) is 6.54 Å². The standard InChI is InChI=1S/C20H25N7O2S/c1-24(2)20(29)26-9-8-25(3)16(13-26)18-23-22-17-7-6-14(12-27(17)18)19(28)21-11-15-5-4-10-30-15/h4-7,10,12,16H,8-9,11,13H2,1-3H3,(H,21,28). The van der Waals surface area contributed by atoms with Gasteiger partial charge in [0.15, 0.2) is 11.5 Å². The third-order valence-electron chi connectivity index (χ3n) is 5.29. The molecule has 3 amide bonds. The Hall–Kier alpha value is -2.98. The molecule has 0 saturated carbocycles. The number of nitrogens with one attached hydrogen (secondary N) is 1. The van der Waals surface area contributed by atoms with Gasteiger partial charge in [-0.1, -0.05) is 6.07 Å². The SMILES string of the molecule is CN(C)C(=O)N1CCN(C)C(c2nnc3ccc(C(=O)NCc4cccs4)cn23)C1. The minimum atomic E-state index is -0.147. The summed E-state index contributed by atoms with van der Waals surface area (Å²) >= 11 is 1.61. The number of rotatable bonds is 4. The van der Waals surface area contributed by atoms with Crippen LogP contribution in [0.3, 0.4) is 0 Å². The predicted octanol–water partition coefficient (Wildman–Crippen LogP) is 1.69. The molecule has 158 valence electrons. The Morgan fingerprint density at radius 3 is 2.80 bits per heavy atom. The van der Waals surface area contributed by atoms with E-state index in [1.165, 1.54) is 0 Å². The van der Waals surface area contributed by atoms with E-state index in [-0.39, 0.29) is 18.0 Å². The first kappa shape index (κ1) is 20.3. The number of aromatic nitrogens is 3. The highest BCUT2D eigenvalue weighted by atomic mass is 32.1. The summed E-state index contributed by atoms with van der Waals surface area (Å²) in [5.41, 5.74) is 1.21. The van der Waals surface area contributed by atoms with Crippen LogP contribution in [0.4, 0.5) is 4.79 Å². The van der Waals surface area contributed by atoms with Gasteiger partial charge in [-0.2, -0.15) is 0 Å². The Bertz CT molecular complexity index is 1050. The molecule has 30 heavy (non-hydrogen) atoms. The number of likely N-dealkylation sites (N-methyl/N-ethyl adjacent to an activating group) is 1. The monoisotopic (exact) mass is 427 g/mol. The lowest BCUT2D eigenvalue weighted by Crippen LogP contribution is -2.52. The average Bonchev–Trinajstić information content (AvgIpc) is 3.41. The molecule has 4 heterocycles. The van der Waals surface area contributed by atoms with Gasteiger partial charge in [-0.25, -0.2) is 4.79 Å². The molecule has 4 rings (SSSR count). The fraction of sp³-hybridized carbons (Fsp3) is 0.400. The van der Waals surface area contributed by atoms with Crippen LogP contribution in [-0.4, -0.2) is 82.0 Å². The molecule has 1 aliphatic rings. The number of nitrogens with zero attached hydrogens (tertiary/aromatic N) is 6. The van der Waals surface area contributed by atoms with Gasteiger partial charge in [-0.15, -0.1) is 21.5 Å². The number of urea groups is 1. The summed E-state index contributed by atoms with van der Waals surface area (Å²) in [4.78, 5) is 31.8. The first-order valence-corrected chi connectivity index (χ1v) is 10.6. The Morgan fingerprint density at radius 2 is 2.07 bits per heavy atom. The fourth-order valence-corrected chi connectivity index (χ4v) is 4.21. The van der Waals surface area contributed by atoms with Crippen molar-refractivity contribution in [2.75, 3.05) is 40.8 Å². The van der Waals surface area contributed by atoms with Crippen LogP contribution < -0.4 is 5.32 Å². The van der Waals surface area contributed by atoms with Gasteiger partial charge in [0.1, 0.15) is 0 Å². The van der Waals surface area contributed by atoms with E-state index < -0.39 is 0 Å². The number of piperazine rings is 1. The number of hydrogen-bond acceptors (Lipinski definition) is 6. The number of amides is 3. The molecule has 3 aromatic rings. The van der Waals surface area contributed by atoms with E-state index in [1.807, 2.05) is 33.9 Å². The number of carbonyl (C=O) groups is 2. The Kier molecular flexibility index (Phi) is 5.69. The predicted molar refractivity (Wildman–Crippen MR) is 115 cm³/mol. The second-order valence-electron chi connectivity index (χ2n) is 7.59. The van der Waals surface area contributed by atoms with Crippen LogP contribution in [0, 0.1) is 0 Å². The molecule has 1 N–H and O–H groups in total. The number of hydrogen-bond donors (Lipinski definition) is 1. The van der Waals surface area contributed by atoms with Gasteiger partial charge in [0, 0.05) is 44.8 Å². The molecule has 0 radical (unpaired) electrons. The Balaban J connectivity index is 1.57. The molecule has 1 atom stereocenters. The van der Waals surface area contributed by atoms with Crippen LogP contribution in [0.1, 0.15) is 27.1 Å². The summed E-state index contributed by atoms with van der Waals surface area (Å²) in [5.74, 6) is 0.572. The first-order valence-electron chi connectivity index (χ1n) is 9.76. The van der Waals surface area contributed by atoms with Gasteiger partial charge < -0.3 is 15.1 Å². The van der Waals surface area contributed by atoms with E-state index in [9.17, 15) is 9.59 Å². The van der Waals surface area contributed by atoms with Crippen molar-refractivity contribution in [3.8, 4) is 0 Å². The topological polar surface area (TPSA) is 86.1 Å². The first-order chi connectivity index (χ1) is 14.4. The summed E-state index contributed by atoms with van der Waals surface area (Å²) in [6.07, 6.45) is 1.77. The van der Waals surface area contributed by atoms with Gasteiger partial charge >= 0.3 is 6.03 Å². The maximum atomic E-state index is 12.6. The van der Waals surface area contributed by atoms with E-state index in [1.54, 1.807) is 48.7 Å². The van der Waals surface area contributed by atoms with Crippen molar-refractivity contribution in [3.05, 3.63) is 52.1 Å².